The van der Waals surface area contributed by atoms with Gasteiger partial charge >= 0.3 is 11.7 Å². The van der Waals surface area contributed by atoms with Gasteiger partial charge in [-0.3, -0.25) is 14.9 Å². The van der Waals surface area contributed by atoms with Crippen LogP contribution in [0.15, 0.2) is 12.1 Å². The van der Waals surface area contributed by atoms with E-state index in [1.807, 2.05) is 0 Å². The first-order chi connectivity index (χ1) is 9.45. The molecule has 0 aromatic carbocycles. The van der Waals surface area contributed by atoms with Crippen molar-refractivity contribution in [3.8, 4) is 6.07 Å². The van der Waals surface area contributed by atoms with Crippen molar-refractivity contribution in [2.75, 3.05) is 11.4 Å². The Morgan fingerprint density at radius 3 is 2.85 bits per heavy atom. The summed E-state index contributed by atoms with van der Waals surface area (Å²) in [5, 5.41) is 28.7. The smallest absolute Gasteiger partial charge is 0.308 e. The number of hydrogen-bond donors (Lipinski definition) is 1. The number of nitriles is 1. The lowest BCUT2D eigenvalue weighted by atomic mass is 10.0. The lowest BCUT2D eigenvalue weighted by molar-refractivity contribution is -0.385. The summed E-state index contributed by atoms with van der Waals surface area (Å²) in [6.45, 7) is 2.26. The SMILES string of the molecule is CC1C(C(=O)O)CCN1c1ccc([N+](=O)[O-])c(C#N)n1. The maximum atomic E-state index is 11.1. The van der Waals surface area contributed by atoms with Crippen molar-refractivity contribution in [3.05, 3.63) is 27.9 Å². The number of carboxylic acid groups (broad SMARTS) is 1. The zero-order chi connectivity index (χ0) is 14.9. The third-order valence-corrected chi connectivity index (χ3v) is 3.53. The molecule has 1 fully saturated rings. The lowest BCUT2D eigenvalue weighted by Crippen LogP contribution is -2.33. The van der Waals surface area contributed by atoms with Crippen LogP contribution in [0.25, 0.3) is 0 Å². The van der Waals surface area contributed by atoms with Crippen LogP contribution in [-0.4, -0.2) is 33.6 Å². The number of carboxylic acids is 1. The molecular formula is C12H12N4O4. The molecule has 104 valence electrons. The fourth-order valence-electron chi connectivity index (χ4n) is 2.42. The molecule has 0 bridgehead atoms. The minimum absolute atomic E-state index is 0.265. The summed E-state index contributed by atoms with van der Waals surface area (Å²) in [5.41, 5.74) is -0.614. The molecule has 20 heavy (non-hydrogen) atoms. The van der Waals surface area contributed by atoms with E-state index in [1.165, 1.54) is 12.1 Å². The van der Waals surface area contributed by atoms with Gasteiger partial charge in [0.05, 0.1) is 10.8 Å². The van der Waals surface area contributed by atoms with Crippen molar-refractivity contribution in [3.63, 3.8) is 0 Å². The van der Waals surface area contributed by atoms with E-state index in [1.54, 1.807) is 17.9 Å². The van der Waals surface area contributed by atoms with Crippen LogP contribution in [0, 0.1) is 27.4 Å². The monoisotopic (exact) mass is 276 g/mol. The summed E-state index contributed by atoms with van der Waals surface area (Å²) in [7, 11) is 0. The third kappa shape index (κ3) is 2.25. The van der Waals surface area contributed by atoms with Crippen molar-refractivity contribution < 1.29 is 14.8 Å². The summed E-state index contributed by atoms with van der Waals surface area (Å²) in [6.07, 6.45) is 0.483. The fraction of sp³-hybridized carbons (Fsp3) is 0.417. The van der Waals surface area contributed by atoms with Crippen LogP contribution < -0.4 is 4.90 Å². The molecular weight excluding hydrogens is 264 g/mol. The molecule has 0 saturated carbocycles. The standard InChI is InChI=1S/C12H12N4O4/c1-7-8(12(17)18)4-5-15(7)11-3-2-10(16(19)20)9(6-13)14-11/h2-3,7-8H,4-5H2,1H3,(H,17,18). The minimum Gasteiger partial charge on any atom is -0.481 e. The number of carbonyl (C=O) groups is 1. The van der Waals surface area contributed by atoms with Crippen molar-refractivity contribution >= 4 is 17.5 Å². The Bertz CT molecular complexity index is 610. The molecule has 1 aromatic heterocycles. The summed E-state index contributed by atoms with van der Waals surface area (Å²) in [4.78, 5) is 26.9. The Labute approximate surface area is 114 Å². The van der Waals surface area contributed by atoms with Crippen molar-refractivity contribution in [1.82, 2.24) is 4.98 Å². The number of aromatic nitrogens is 1. The average Bonchev–Trinajstić information content (AvgIpc) is 2.79. The number of nitro groups is 1. The van der Waals surface area contributed by atoms with E-state index >= 15 is 0 Å². The molecule has 1 aliphatic heterocycles. The Balaban J connectivity index is 2.34. The number of pyridine rings is 1. The molecule has 1 N–H and O–H groups in total. The number of nitrogens with zero attached hydrogens (tertiary/aromatic N) is 4. The highest BCUT2D eigenvalue weighted by Crippen LogP contribution is 2.30. The van der Waals surface area contributed by atoms with E-state index in [0.717, 1.165) is 0 Å². The van der Waals surface area contributed by atoms with Gasteiger partial charge in [0, 0.05) is 18.7 Å². The van der Waals surface area contributed by atoms with Gasteiger partial charge in [-0.05, 0) is 19.4 Å². The molecule has 1 aromatic rings. The van der Waals surface area contributed by atoms with E-state index in [-0.39, 0.29) is 17.4 Å². The Morgan fingerprint density at radius 1 is 1.65 bits per heavy atom. The first-order valence-corrected chi connectivity index (χ1v) is 6.00. The van der Waals surface area contributed by atoms with Crippen LogP contribution in [0.4, 0.5) is 11.5 Å². The lowest BCUT2D eigenvalue weighted by Gasteiger charge is -2.24. The third-order valence-electron chi connectivity index (χ3n) is 3.53. The molecule has 0 amide bonds. The zero-order valence-electron chi connectivity index (χ0n) is 10.7. The normalized spacial score (nSPS) is 21.5. The Kier molecular flexibility index (Phi) is 3.52. The maximum absolute atomic E-state index is 11.1. The molecule has 0 radical (unpaired) electrons. The van der Waals surface area contributed by atoms with Gasteiger partial charge in [0.25, 0.3) is 0 Å². The van der Waals surface area contributed by atoms with Crippen molar-refractivity contribution in [2.24, 2.45) is 5.92 Å². The minimum atomic E-state index is -0.873. The topological polar surface area (TPSA) is 120 Å². The molecule has 0 spiro atoms. The van der Waals surface area contributed by atoms with E-state index in [9.17, 15) is 14.9 Å². The highest BCUT2D eigenvalue weighted by molar-refractivity contribution is 5.72. The number of hydrogen-bond acceptors (Lipinski definition) is 6. The molecule has 1 aliphatic rings. The fourth-order valence-corrected chi connectivity index (χ4v) is 2.42. The second-order valence-electron chi connectivity index (χ2n) is 4.57. The van der Waals surface area contributed by atoms with Crippen LogP contribution in [0.2, 0.25) is 0 Å². The van der Waals surface area contributed by atoms with Gasteiger partial charge in [-0.2, -0.15) is 5.26 Å². The van der Waals surface area contributed by atoms with Gasteiger partial charge in [0.1, 0.15) is 11.9 Å². The van der Waals surface area contributed by atoms with Crippen molar-refractivity contribution in [2.45, 2.75) is 19.4 Å². The molecule has 2 heterocycles. The van der Waals surface area contributed by atoms with Crippen LogP contribution >= 0.6 is 0 Å². The van der Waals surface area contributed by atoms with Gasteiger partial charge in [-0.15, -0.1) is 0 Å². The highest BCUT2D eigenvalue weighted by Gasteiger charge is 2.36. The average molecular weight is 276 g/mol. The van der Waals surface area contributed by atoms with E-state index < -0.39 is 16.8 Å². The largest absolute Gasteiger partial charge is 0.481 e. The Hall–Kier alpha value is -2.69. The van der Waals surface area contributed by atoms with Gasteiger partial charge in [-0.1, -0.05) is 0 Å². The molecule has 8 heteroatoms. The molecule has 2 unspecified atom stereocenters. The summed E-state index contributed by atoms with van der Waals surface area (Å²) < 4.78 is 0. The van der Waals surface area contributed by atoms with E-state index in [4.69, 9.17) is 10.4 Å². The molecule has 8 nitrogen and oxygen atoms in total. The maximum Gasteiger partial charge on any atom is 0.308 e. The van der Waals surface area contributed by atoms with Crippen LogP contribution in [-0.2, 0) is 4.79 Å². The predicted octanol–water partition coefficient (Wildman–Crippen LogP) is 1.16. The summed E-state index contributed by atoms with van der Waals surface area (Å²) in [6, 6.07) is 4.09. The summed E-state index contributed by atoms with van der Waals surface area (Å²) >= 11 is 0. The molecule has 2 atom stereocenters. The van der Waals surface area contributed by atoms with Gasteiger partial charge in [0.2, 0.25) is 5.69 Å². The van der Waals surface area contributed by atoms with Crippen LogP contribution in [0.1, 0.15) is 19.0 Å². The quantitative estimate of drug-likeness (QED) is 0.649. The van der Waals surface area contributed by atoms with Gasteiger partial charge < -0.3 is 10.0 Å². The highest BCUT2D eigenvalue weighted by atomic mass is 16.6. The second-order valence-corrected chi connectivity index (χ2v) is 4.57. The van der Waals surface area contributed by atoms with Gasteiger partial charge in [-0.25, -0.2) is 4.98 Å². The zero-order valence-corrected chi connectivity index (χ0v) is 10.7. The number of anilines is 1. The first kappa shape index (κ1) is 13.7. The second kappa shape index (κ2) is 5.13. The molecule has 1 saturated heterocycles. The van der Waals surface area contributed by atoms with Crippen LogP contribution in [0.3, 0.4) is 0 Å². The van der Waals surface area contributed by atoms with Crippen molar-refractivity contribution in [1.29, 1.82) is 5.26 Å². The number of rotatable bonds is 3. The molecule has 0 aliphatic carbocycles. The molecule has 2 rings (SSSR count). The van der Waals surface area contributed by atoms with Crippen LogP contribution in [0.5, 0.6) is 0 Å². The van der Waals surface area contributed by atoms with Gasteiger partial charge in [0.15, 0.2) is 0 Å². The van der Waals surface area contributed by atoms with E-state index in [2.05, 4.69) is 4.98 Å². The first-order valence-electron chi connectivity index (χ1n) is 6.00. The Morgan fingerprint density at radius 2 is 2.35 bits per heavy atom. The number of aliphatic carboxylic acids is 1. The van der Waals surface area contributed by atoms with E-state index in [0.29, 0.717) is 18.8 Å². The predicted molar refractivity (Wildman–Crippen MR) is 68.2 cm³/mol. The summed E-state index contributed by atoms with van der Waals surface area (Å²) in [5.74, 6) is -0.983.